The Hall–Kier alpha value is -1.37. The van der Waals surface area contributed by atoms with Crippen molar-refractivity contribution in [2.45, 2.75) is 19.8 Å². The molecule has 0 bridgehead atoms. The van der Waals surface area contributed by atoms with Gasteiger partial charge in [0, 0.05) is 5.92 Å². The lowest BCUT2D eigenvalue weighted by Gasteiger charge is -1.97. The van der Waals surface area contributed by atoms with E-state index in [1.165, 1.54) is 0 Å². The fourth-order valence-electron chi connectivity index (χ4n) is 1.84. The Balaban J connectivity index is 2.24. The highest BCUT2D eigenvalue weighted by Crippen LogP contribution is 2.27. The number of ketones is 1. The zero-order valence-electron chi connectivity index (χ0n) is 8.36. The third kappa shape index (κ3) is 1.77. The van der Waals surface area contributed by atoms with Crippen molar-refractivity contribution in [3.8, 4) is 0 Å². The van der Waals surface area contributed by atoms with Crippen LogP contribution in [0.25, 0.3) is 6.08 Å². The monoisotopic (exact) mass is 186 g/mol. The zero-order valence-corrected chi connectivity index (χ0v) is 8.36. The van der Waals surface area contributed by atoms with Gasteiger partial charge in [0.15, 0.2) is 5.78 Å². The third-order valence-electron chi connectivity index (χ3n) is 2.75. The van der Waals surface area contributed by atoms with Crippen molar-refractivity contribution in [1.29, 1.82) is 0 Å². The minimum Gasteiger partial charge on any atom is -0.294 e. The normalized spacial score (nSPS) is 24.5. The molecular formula is C13H14O. The number of carbonyl (C=O) groups is 1. The number of hydrogen-bond acceptors (Lipinski definition) is 1. The van der Waals surface area contributed by atoms with Crippen LogP contribution in [0.3, 0.4) is 0 Å². The molecule has 1 aliphatic carbocycles. The molecule has 0 N–H and O–H groups in total. The molecule has 0 aliphatic heterocycles. The molecule has 1 fully saturated rings. The fourth-order valence-corrected chi connectivity index (χ4v) is 1.84. The fraction of sp³-hybridized carbons (Fsp3) is 0.308. The maximum absolute atomic E-state index is 11.6. The molecule has 2 rings (SSSR count). The standard InChI is InChI=1S/C13H14O/c1-10-7-8-12(13(10)14)9-11-5-3-2-4-6-11/h2-6,9-10H,7-8H2,1H3. The molecule has 1 heteroatoms. The van der Waals surface area contributed by atoms with E-state index in [0.29, 0.717) is 5.78 Å². The van der Waals surface area contributed by atoms with Crippen LogP contribution >= 0.6 is 0 Å². The first-order chi connectivity index (χ1) is 6.77. The molecule has 1 aromatic rings. The first-order valence-corrected chi connectivity index (χ1v) is 5.07. The van der Waals surface area contributed by atoms with Crippen LogP contribution < -0.4 is 0 Å². The summed E-state index contributed by atoms with van der Waals surface area (Å²) in [6.45, 7) is 2.01. The second-order valence-corrected chi connectivity index (χ2v) is 3.88. The van der Waals surface area contributed by atoms with E-state index in [9.17, 15) is 4.79 Å². The van der Waals surface area contributed by atoms with E-state index in [0.717, 1.165) is 24.0 Å². The molecule has 0 saturated heterocycles. The number of benzene rings is 1. The maximum Gasteiger partial charge on any atom is 0.161 e. The van der Waals surface area contributed by atoms with Crippen molar-refractivity contribution in [2.24, 2.45) is 5.92 Å². The number of carbonyl (C=O) groups excluding carboxylic acids is 1. The van der Waals surface area contributed by atoms with Gasteiger partial charge in [-0.2, -0.15) is 0 Å². The molecule has 1 nitrogen and oxygen atoms in total. The van der Waals surface area contributed by atoms with Crippen LogP contribution in [0.5, 0.6) is 0 Å². The summed E-state index contributed by atoms with van der Waals surface area (Å²) >= 11 is 0. The smallest absolute Gasteiger partial charge is 0.161 e. The number of allylic oxidation sites excluding steroid dienone is 1. The van der Waals surface area contributed by atoms with E-state index in [2.05, 4.69) is 0 Å². The van der Waals surface area contributed by atoms with E-state index >= 15 is 0 Å². The van der Waals surface area contributed by atoms with Gasteiger partial charge >= 0.3 is 0 Å². The first kappa shape index (κ1) is 9.20. The quantitative estimate of drug-likeness (QED) is 0.616. The molecule has 0 radical (unpaired) electrons. The van der Waals surface area contributed by atoms with E-state index in [1.54, 1.807) is 0 Å². The molecule has 0 aromatic heterocycles. The molecule has 0 amide bonds. The van der Waals surface area contributed by atoms with Gasteiger partial charge in [0.05, 0.1) is 0 Å². The van der Waals surface area contributed by atoms with Crippen molar-refractivity contribution >= 4 is 11.9 Å². The minimum atomic E-state index is 0.227. The molecule has 72 valence electrons. The highest BCUT2D eigenvalue weighted by atomic mass is 16.1. The summed E-state index contributed by atoms with van der Waals surface area (Å²) in [5.74, 6) is 0.554. The van der Waals surface area contributed by atoms with E-state index < -0.39 is 0 Å². The minimum absolute atomic E-state index is 0.227. The Morgan fingerprint density at radius 1 is 1.29 bits per heavy atom. The van der Waals surface area contributed by atoms with Gasteiger partial charge in [0.2, 0.25) is 0 Å². The van der Waals surface area contributed by atoms with Crippen LogP contribution in [0.15, 0.2) is 35.9 Å². The molecule has 1 atom stereocenters. The van der Waals surface area contributed by atoms with Crippen LogP contribution in [0.4, 0.5) is 0 Å². The van der Waals surface area contributed by atoms with Gasteiger partial charge < -0.3 is 0 Å². The summed E-state index contributed by atoms with van der Waals surface area (Å²) in [6, 6.07) is 10.0. The van der Waals surface area contributed by atoms with Crippen molar-refractivity contribution in [3.05, 3.63) is 41.5 Å². The SMILES string of the molecule is CC1CCC(=Cc2ccccc2)C1=O. The summed E-state index contributed by atoms with van der Waals surface area (Å²) < 4.78 is 0. The van der Waals surface area contributed by atoms with E-state index in [4.69, 9.17) is 0 Å². The second kappa shape index (κ2) is 3.79. The van der Waals surface area contributed by atoms with Crippen molar-refractivity contribution in [2.75, 3.05) is 0 Å². The molecule has 14 heavy (non-hydrogen) atoms. The van der Waals surface area contributed by atoms with Crippen LogP contribution in [0, 0.1) is 5.92 Å². The molecular weight excluding hydrogens is 172 g/mol. The van der Waals surface area contributed by atoms with Crippen LogP contribution in [0.2, 0.25) is 0 Å². The molecule has 1 saturated carbocycles. The van der Waals surface area contributed by atoms with Gasteiger partial charge in [0.1, 0.15) is 0 Å². The number of Topliss-reactive ketones (excluding diaryl/α,β-unsaturated/α-hetero) is 1. The molecule has 1 aliphatic rings. The Morgan fingerprint density at radius 2 is 2.00 bits per heavy atom. The van der Waals surface area contributed by atoms with Crippen molar-refractivity contribution in [3.63, 3.8) is 0 Å². The Bertz CT molecular complexity index is 362. The highest BCUT2D eigenvalue weighted by Gasteiger charge is 2.24. The highest BCUT2D eigenvalue weighted by molar-refractivity contribution is 6.02. The van der Waals surface area contributed by atoms with Crippen molar-refractivity contribution in [1.82, 2.24) is 0 Å². The largest absolute Gasteiger partial charge is 0.294 e. The predicted octanol–water partition coefficient (Wildman–Crippen LogP) is 3.07. The molecule has 0 spiro atoms. The Morgan fingerprint density at radius 3 is 2.57 bits per heavy atom. The average Bonchev–Trinajstić information content (AvgIpc) is 2.52. The van der Waals surface area contributed by atoms with Crippen LogP contribution in [-0.2, 0) is 4.79 Å². The second-order valence-electron chi connectivity index (χ2n) is 3.88. The Kier molecular flexibility index (Phi) is 2.49. The van der Waals surface area contributed by atoms with E-state index in [-0.39, 0.29) is 5.92 Å². The number of rotatable bonds is 1. The zero-order chi connectivity index (χ0) is 9.97. The lowest BCUT2D eigenvalue weighted by Crippen LogP contribution is -2.02. The van der Waals surface area contributed by atoms with Crippen LogP contribution in [-0.4, -0.2) is 5.78 Å². The molecule has 1 aromatic carbocycles. The van der Waals surface area contributed by atoms with Gasteiger partial charge in [0.25, 0.3) is 0 Å². The van der Waals surface area contributed by atoms with Gasteiger partial charge in [-0.15, -0.1) is 0 Å². The summed E-state index contributed by atoms with van der Waals surface area (Å²) in [6.07, 6.45) is 3.97. The number of hydrogen-bond donors (Lipinski definition) is 0. The Labute approximate surface area is 84.5 Å². The third-order valence-corrected chi connectivity index (χ3v) is 2.75. The maximum atomic E-state index is 11.6. The molecule has 1 unspecified atom stereocenters. The summed E-state index contributed by atoms with van der Waals surface area (Å²) in [5.41, 5.74) is 2.12. The first-order valence-electron chi connectivity index (χ1n) is 5.07. The lowest BCUT2D eigenvalue weighted by atomic mass is 10.1. The van der Waals surface area contributed by atoms with Gasteiger partial charge in [-0.25, -0.2) is 0 Å². The van der Waals surface area contributed by atoms with Gasteiger partial charge in [-0.05, 0) is 30.1 Å². The van der Waals surface area contributed by atoms with E-state index in [1.807, 2.05) is 43.3 Å². The summed E-state index contributed by atoms with van der Waals surface area (Å²) in [5, 5.41) is 0. The average molecular weight is 186 g/mol. The topological polar surface area (TPSA) is 17.1 Å². The lowest BCUT2D eigenvalue weighted by molar-refractivity contribution is -0.117. The van der Waals surface area contributed by atoms with Gasteiger partial charge in [-0.1, -0.05) is 37.3 Å². The summed E-state index contributed by atoms with van der Waals surface area (Å²) in [7, 11) is 0. The summed E-state index contributed by atoms with van der Waals surface area (Å²) in [4.78, 5) is 11.6. The van der Waals surface area contributed by atoms with Crippen molar-refractivity contribution < 1.29 is 4.79 Å². The predicted molar refractivity (Wildman–Crippen MR) is 57.8 cm³/mol. The molecule has 0 heterocycles. The van der Waals surface area contributed by atoms with Crippen LogP contribution in [0.1, 0.15) is 25.3 Å². The van der Waals surface area contributed by atoms with Gasteiger partial charge in [-0.3, -0.25) is 4.79 Å².